The Morgan fingerprint density at radius 1 is 1.21 bits per heavy atom. The van der Waals surface area contributed by atoms with Crippen LogP contribution in [0.1, 0.15) is 29.6 Å². The van der Waals surface area contributed by atoms with E-state index in [4.69, 9.17) is 9.47 Å². The van der Waals surface area contributed by atoms with E-state index in [0.29, 0.717) is 17.9 Å². The molecule has 0 aliphatic heterocycles. The molecular formula is C19H25N3O6S. The lowest BCUT2D eigenvalue weighted by Gasteiger charge is -2.18. The fourth-order valence-electron chi connectivity index (χ4n) is 2.40. The number of benzene rings is 1. The number of nitrogens with one attached hydrogen (secondary N) is 3. The van der Waals surface area contributed by atoms with Gasteiger partial charge in [-0.2, -0.15) is 11.8 Å². The highest BCUT2D eigenvalue weighted by atomic mass is 32.2. The molecule has 1 aliphatic carbocycles. The van der Waals surface area contributed by atoms with Crippen LogP contribution in [-0.2, 0) is 14.3 Å². The highest BCUT2D eigenvalue weighted by molar-refractivity contribution is 7.98. The van der Waals surface area contributed by atoms with Crippen molar-refractivity contribution < 1.29 is 28.7 Å². The Morgan fingerprint density at radius 2 is 1.93 bits per heavy atom. The number of urea groups is 1. The monoisotopic (exact) mass is 423 g/mol. The van der Waals surface area contributed by atoms with Crippen LogP contribution >= 0.6 is 11.8 Å². The van der Waals surface area contributed by atoms with E-state index in [0.717, 1.165) is 12.8 Å². The number of ether oxygens (including phenoxy) is 2. The van der Waals surface area contributed by atoms with Crippen LogP contribution in [0.3, 0.4) is 0 Å². The maximum atomic E-state index is 12.6. The number of hydrogen-bond donors (Lipinski definition) is 3. The highest BCUT2D eigenvalue weighted by Gasteiger charge is 2.26. The number of hydrogen-bond acceptors (Lipinski definition) is 7. The molecule has 10 heteroatoms. The second kappa shape index (κ2) is 11.3. The second-order valence-corrected chi connectivity index (χ2v) is 7.40. The van der Waals surface area contributed by atoms with Gasteiger partial charge in [0.15, 0.2) is 6.61 Å². The summed E-state index contributed by atoms with van der Waals surface area (Å²) in [6.07, 6.45) is 3.97. The Kier molecular flexibility index (Phi) is 8.78. The van der Waals surface area contributed by atoms with Gasteiger partial charge in [-0.1, -0.05) is 12.1 Å². The minimum atomic E-state index is -0.937. The minimum Gasteiger partial charge on any atom is -0.496 e. The largest absolute Gasteiger partial charge is 0.496 e. The van der Waals surface area contributed by atoms with Crippen molar-refractivity contribution >= 4 is 35.6 Å². The Hall–Kier alpha value is -2.75. The van der Waals surface area contributed by atoms with Crippen LogP contribution in [0.25, 0.3) is 0 Å². The van der Waals surface area contributed by atoms with Crippen molar-refractivity contribution in [1.29, 1.82) is 0 Å². The van der Waals surface area contributed by atoms with E-state index >= 15 is 0 Å². The zero-order valence-electron chi connectivity index (χ0n) is 16.4. The molecule has 0 heterocycles. The van der Waals surface area contributed by atoms with Gasteiger partial charge in [-0.3, -0.25) is 14.9 Å². The van der Waals surface area contributed by atoms with Gasteiger partial charge in [-0.25, -0.2) is 9.59 Å². The van der Waals surface area contributed by atoms with E-state index in [9.17, 15) is 19.2 Å². The fraction of sp³-hybridized carbons (Fsp3) is 0.474. The van der Waals surface area contributed by atoms with Gasteiger partial charge in [0, 0.05) is 6.04 Å². The quantitative estimate of drug-likeness (QED) is 0.481. The van der Waals surface area contributed by atoms with Crippen molar-refractivity contribution in [2.45, 2.75) is 31.3 Å². The van der Waals surface area contributed by atoms with E-state index in [1.807, 2.05) is 6.26 Å². The zero-order valence-corrected chi connectivity index (χ0v) is 17.2. The lowest BCUT2D eigenvalue weighted by atomic mass is 10.1. The lowest BCUT2D eigenvalue weighted by Crippen LogP contribution is -2.45. The number of esters is 1. The highest BCUT2D eigenvalue weighted by Crippen LogP contribution is 2.18. The molecule has 158 valence electrons. The van der Waals surface area contributed by atoms with E-state index in [1.54, 1.807) is 24.3 Å². The molecule has 0 aromatic heterocycles. The topological polar surface area (TPSA) is 123 Å². The number of carbonyl (C=O) groups excluding carboxylic acids is 4. The third-order valence-corrected chi connectivity index (χ3v) is 4.71. The molecule has 1 fully saturated rings. The maximum Gasteiger partial charge on any atom is 0.329 e. The number of carbonyl (C=O) groups is 4. The van der Waals surface area contributed by atoms with Crippen LogP contribution in [0.2, 0.25) is 0 Å². The van der Waals surface area contributed by atoms with Gasteiger partial charge in [0.05, 0.1) is 12.7 Å². The van der Waals surface area contributed by atoms with E-state index in [1.165, 1.54) is 18.9 Å². The Bertz CT molecular complexity index is 753. The third-order valence-electron chi connectivity index (χ3n) is 4.06. The van der Waals surface area contributed by atoms with Crippen LogP contribution in [-0.4, -0.2) is 61.6 Å². The number of para-hydroxylation sites is 1. The van der Waals surface area contributed by atoms with Gasteiger partial charge in [0.1, 0.15) is 11.8 Å². The lowest BCUT2D eigenvalue weighted by molar-refractivity contribution is -0.150. The Morgan fingerprint density at radius 3 is 2.59 bits per heavy atom. The minimum absolute atomic E-state index is 0.103. The number of rotatable bonds is 10. The predicted octanol–water partition coefficient (Wildman–Crippen LogP) is 1.08. The van der Waals surface area contributed by atoms with Crippen molar-refractivity contribution in [3.63, 3.8) is 0 Å². The molecule has 0 radical (unpaired) electrons. The van der Waals surface area contributed by atoms with Crippen molar-refractivity contribution in [3.05, 3.63) is 29.8 Å². The smallest absolute Gasteiger partial charge is 0.329 e. The average molecular weight is 423 g/mol. The molecule has 29 heavy (non-hydrogen) atoms. The average Bonchev–Trinajstić information content (AvgIpc) is 3.52. The summed E-state index contributed by atoms with van der Waals surface area (Å²) in [4.78, 5) is 48.2. The molecule has 0 saturated heterocycles. The predicted molar refractivity (Wildman–Crippen MR) is 108 cm³/mol. The van der Waals surface area contributed by atoms with Crippen molar-refractivity contribution in [2.24, 2.45) is 0 Å². The maximum absolute atomic E-state index is 12.6. The van der Waals surface area contributed by atoms with Crippen LogP contribution in [0.5, 0.6) is 5.75 Å². The molecule has 0 bridgehead atoms. The summed E-state index contributed by atoms with van der Waals surface area (Å²) in [7, 11) is 1.45. The third kappa shape index (κ3) is 7.65. The van der Waals surface area contributed by atoms with Crippen molar-refractivity contribution in [3.8, 4) is 5.75 Å². The first-order valence-electron chi connectivity index (χ1n) is 9.14. The van der Waals surface area contributed by atoms with E-state index in [-0.39, 0.29) is 11.6 Å². The summed E-state index contributed by atoms with van der Waals surface area (Å²) >= 11 is 1.51. The summed E-state index contributed by atoms with van der Waals surface area (Å²) in [5.74, 6) is -1.000. The molecule has 4 amide bonds. The van der Waals surface area contributed by atoms with Gasteiger partial charge >= 0.3 is 12.0 Å². The molecule has 0 spiro atoms. The first kappa shape index (κ1) is 22.5. The summed E-state index contributed by atoms with van der Waals surface area (Å²) in [6.45, 7) is -0.614. The van der Waals surface area contributed by atoms with Gasteiger partial charge in [-0.05, 0) is 43.4 Å². The number of thioether (sulfide) groups is 1. The van der Waals surface area contributed by atoms with Crippen LogP contribution in [0, 0.1) is 0 Å². The first-order valence-corrected chi connectivity index (χ1v) is 10.5. The standard InChI is InChI=1S/C19H25N3O6S/c1-27-15-6-4-3-5-13(15)17(24)21-14(9-10-29-2)18(25)28-11-16(23)22-19(26)20-12-7-8-12/h3-6,12,14H,7-11H2,1-2H3,(H,21,24)(H2,20,22,23,26)/t14-/m0/s1. The molecule has 3 N–H and O–H groups in total. The summed E-state index contributed by atoms with van der Waals surface area (Å²) in [5, 5.41) is 7.32. The SMILES string of the molecule is COc1ccccc1C(=O)N[C@@H](CCSC)C(=O)OCC(=O)NC(=O)NC1CC1. The number of methoxy groups -OCH3 is 1. The van der Waals surface area contributed by atoms with Gasteiger partial charge in [0.25, 0.3) is 11.8 Å². The van der Waals surface area contributed by atoms with E-state index in [2.05, 4.69) is 16.0 Å². The molecule has 0 unspecified atom stereocenters. The molecule has 1 saturated carbocycles. The number of amides is 4. The summed E-state index contributed by atoms with van der Waals surface area (Å²) < 4.78 is 10.2. The van der Waals surface area contributed by atoms with Gasteiger partial charge < -0.3 is 20.1 Å². The van der Waals surface area contributed by atoms with E-state index < -0.39 is 36.5 Å². The molecule has 1 aromatic rings. The first-order chi connectivity index (χ1) is 13.9. The summed E-state index contributed by atoms with van der Waals surface area (Å²) in [6, 6.07) is 5.19. The Balaban J connectivity index is 1.89. The number of imide groups is 1. The normalized spacial score (nSPS) is 13.7. The van der Waals surface area contributed by atoms with Crippen LogP contribution < -0.4 is 20.7 Å². The van der Waals surface area contributed by atoms with Crippen molar-refractivity contribution in [2.75, 3.05) is 25.7 Å². The van der Waals surface area contributed by atoms with Gasteiger partial charge in [0.2, 0.25) is 0 Å². The molecular weight excluding hydrogens is 398 g/mol. The zero-order chi connectivity index (χ0) is 21.2. The molecule has 9 nitrogen and oxygen atoms in total. The fourth-order valence-corrected chi connectivity index (χ4v) is 2.87. The molecule has 1 aromatic carbocycles. The van der Waals surface area contributed by atoms with Crippen LogP contribution in [0.15, 0.2) is 24.3 Å². The Labute approximate surface area is 173 Å². The van der Waals surface area contributed by atoms with Crippen molar-refractivity contribution in [1.82, 2.24) is 16.0 Å². The van der Waals surface area contributed by atoms with Gasteiger partial charge in [-0.15, -0.1) is 0 Å². The summed E-state index contributed by atoms with van der Waals surface area (Å²) in [5.41, 5.74) is 0.284. The van der Waals surface area contributed by atoms with Crippen LogP contribution in [0.4, 0.5) is 4.79 Å². The second-order valence-electron chi connectivity index (χ2n) is 6.41. The molecule has 1 atom stereocenters. The molecule has 2 rings (SSSR count). The molecule has 1 aliphatic rings.